The van der Waals surface area contributed by atoms with Gasteiger partial charge in [0.15, 0.2) is 5.76 Å². The van der Waals surface area contributed by atoms with E-state index in [2.05, 4.69) is 30.5 Å². The molecule has 1 aliphatic heterocycles. The molecule has 1 aliphatic rings. The van der Waals surface area contributed by atoms with E-state index in [1.807, 2.05) is 26.8 Å². The fourth-order valence-electron chi connectivity index (χ4n) is 1.80. The fourth-order valence-corrected chi connectivity index (χ4v) is 3.01. The van der Waals surface area contributed by atoms with E-state index in [0.717, 1.165) is 26.7 Å². The van der Waals surface area contributed by atoms with Crippen LogP contribution in [0.4, 0.5) is 0 Å². The summed E-state index contributed by atoms with van der Waals surface area (Å²) in [5.41, 5.74) is 6.13. The number of hydrogen-bond donors (Lipinski definition) is 0. The van der Waals surface area contributed by atoms with Crippen LogP contribution in [0.15, 0.2) is 70.1 Å². The molecule has 0 saturated carbocycles. The van der Waals surface area contributed by atoms with Gasteiger partial charge in [0, 0.05) is 11.8 Å². The predicted octanol–water partition coefficient (Wildman–Crippen LogP) is 4.76. The normalized spacial score (nSPS) is 19.2. The van der Waals surface area contributed by atoms with E-state index >= 15 is 0 Å². The zero-order valence-electron chi connectivity index (χ0n) is 11.7. The van der Waals surface area contributed by atoms with Gasteiger partial charge in [0.05, 0.1) is 11.5 Å². The van der Waals surface area contributed by atoms with Crippen LogP contribution in [-0.2, 0) is 4.74 Å². The van der Waals surface area contributed by atoms with Crippen molar-refractivity contribution in [2.45, 2.75) is 20.8 Å². The Bertz CT molecular complexity index is 543. The topological polar surface area (TPSA) is 21.6 Å². The lowest BCUT2D eigenvalue weighted by Crippen LogP contribution is -1.95. The molecule has 0 spiro atoms. The van der Waals surface area contributed by atoms with Crippen LogP contribution < -0.4 is 0 Å². The average molecular weight is 273 g/mol. The first kappa shape index (κ1) is 15.4. The van der Waals surface area contributed by atoms with Crippen LogP contribution in [-0.4, -0.2) is 11.7 Å². The van der Waals surface area contributed by atoms with Crippen molar-refractivity contribution in [3.05, 3.63) is 65.1 Å². The summed E-state index contributed by atoms with van der Waals surface area (Å²) in [5, 5.41) is 0.910. The molecule has 0 aliphatic carbocycles. The van der Waals surface area contributed by atoms with Crippen LogP contribution in [0.25, 0.3) is 0 Å². The van der Waals surface area contributed by atoms with Crippen molar-refractivity contribution in [3.8, 4) is 0 Å². The molecular weight excluding hydrogens is 254 g/mol. The highest BCUT2D eigenvalue weighted by molar-refractivity contribution is 8.18. The Balaban J connectivity index is 3.41. The summed E-state index contributed by atoms with van der Waals surface area (Å²) in [6.45, 7) is 17.8. The van der Waals surface area contributed by atoms with E-state index in [4.69, 9.17) is 4.74 Å². The summed E-state index contributed by atoms with van der Waals surface area (Å²) < 4.78 is 5.57. The van der Waals surface area contributed by atoms with Gasteiger partial charge in [-0.3, -0.25) is 0 Å². The van der Waals surface area contributed by atoms with Gasteiger partial charge in [0.2, 0.25) is 0 Å². The number of hydrogen-bond acceptors (Lipinski definition) is 3. The SMILES string of the molecule is C=C=C(OCC)C1=C(C)/C(=C(/C)C=C)C(=NC=C)S1. The third-order valence-electron chi connectivity index (χ3n) is 2.69. The van der Waals surface area contributed by atoms with Gasteiger partial charge in [0.1, 0.15) is 5.04 Å². The van der Waals surface area contributed by atoms with Crippen LogP contribution in [0.5, 0.6) is 0 Å². The van der Waals surface area contributed by atoms with Gasteiger partial charge in [-0.2, -0.15) is 0 Å². The molecule has 1 heterocycles. The second kappa shape index (κ2) is 7.03. The summed E-state index contributed by atoms with van der Waals surface area (Å²) in [4.78, 5) is 5.34. The van der Waals surface area contributed by atoms with Crippen LogP contribution >= 0.6 is 11.8 Å². The zero-order chi connectivity index (χ0) is 14.4. The van der Waals surface area contributed by atoms with Gasteiger partial charge in [0.25, 0.3) is 0 Å². The minimum absolute atomic E-state index is 0.586. The molecule has 100 valence electrons. The highest BCUT2D eigenvalue weighted by Crippen LogP contribution is 2.43. The number of ether oxygens (including phenoxy) is 1. The first-order chi connectivity index (χ1) is 9.10. The van der Waals surface area contributed by atoms with Gasteiger partial charge >= 0.3 is 0 Å². The lowest BCUT2D eigenvalue weighted by molar-refractivity contribution is 0.242. The van der Waals surface area contributed by atoms with Gasteiger partial charge < -0.3 is 4.74 Å². The smallest absolute Gasteiger partial charge is 0.175 e. The van der Waals surface area contributed by atoms with Crippen molar-refractivity contribution < 1.29 is 4.74 Å². The van der Waals surface area contributed by atoms with Gasteiger partial charge in [-0.1, -0.05) is 43.3 Å². The van der Waals surface area contributed by atoms with Gasteiger partial charge in [-0.05, 0) is 31.9 Å². The van der Waals surface area contributed by atoms with E-state index in [9.17, 15) is 0 Å². The summed E-state index contributed by atoms with van der Waals surface area (Å²) in [6, 6.07) is 0. The van der Waals surface area contributed by atoms with E-state index < -0.39 is 0 Å². The van der Waals surface area contributed by atoms with Gasteiger partial charge in [-0.15, -0.1) is 0 Å². The second-order valence-corrected chi connectivity index (χ2v) is 4.87. The Morgan fingerprint density at radius 2 is 2.16 bits per heavy atom. The molecule has 0 aromatic rings. The van der Waals surface area contributed by atoms with Crippen molar-refractivity contribution in [1.82, 2.24) is 0 Å². The highest BCUT2D eigenvalue weighted by atomic mass is 32.2. The Labute approximate surface area is 119 Å². The molecule has 3 heteroatoms. The molecule has 0 aromatic heterocycles. The standard InChI is InChI=1S/C16H19NOS/c1-7-11(5)14-12(6)15(13(8-2)18-10-4)19-16(14)17-9-3/h7,9H,1-3,10H2,4-6H3/b14-11+,17-16?. The molecule has 0 amide bonds. The number of aliphatic imine (C=N–C) groups is 1. The molecule has 0 fully saturated rings. The van der Waals surface area contributed by atoms with Crippen molar-refractivity contribution in [2.75, 3.05) is 6.61 Å². The lowest BCUT2D eigenvalue weighted by Gasteiger charge is -2.06. The van der Waals surface area contributed by atoms with E-state index in [1.54, 1.807) is 18.0 Å². The molecule has 1 rings (SSSR count). The molecule has 19 heavy (non-hydrogen) atoms. The van der Waals surface area contributed by atoms with E-state index in [0.29, 0.717) is 12.4 Å². The minimum Gasteiger partial charge on any atom is -0.485 e. The largest absolute Gasteiger partial charge is 0.485 e. The minimum atomic E-state index is 0.586. The highest BCUT2D eigenvalue weighted by Gasteiger charge is 2.27. The summed E-state index contributed by atoms with van der Waals surface area (Å²) >= 11 is 1.56. The Morgan fingerprint density at radius 1 is 1.47 bits per heavy atom. The molecule has 0 radical (unpaired) electrons. The quantitative estimate of drug-likeness (QED) is 0.532. The maximum atomic E-state index is 5.57. The Kier molecular flexibility index (Phi) is 5.68. The summed E-state index contributed by atoms with van der Waals surface area (Å²) in [7, 11) is 0. The molecule has 0 bridgehead atoms. The van der Waals surface area contributed by atoms with Crippen LogP contribution in [0.2, 0.25) is 0 Å². The van der Waals surface area contributed by atoms with E-state index in [1.165, 1.54) is 0 Å². The maximum absolute atomic E-state index is 5.57. The Hall–Kier alpha value is -1.70. The molecule has 0 saturated heterocycles. The van der Waals surface area contributed by atoms with Crippen molar-refractivity contribution in [2.24, 2.45) is 4.99 Å². The fraction of sp³-hybridized carbons (Fsp3) is 0.250. The first-order valence-electron chi connectivity index (χ1n) is 6.05. The molecule has 0 N–H and O–H groups in total. The number of thioether (sulfide) groups is 1. The zero-order valence-corrected chi connectivity index (χ0v) is 12.6. The molecule has 0 unspecified atom stereocenters. The predicted molar refractivity (Wildman–Crippen MR) is 85.1 cm³/mol. The van der Waals surface area contributed by atoms with Crippen LogP contribution in [0.1, 0.15) is 20.8 Å². The van der Waals surface area contributed by atoms with Crippen molar-refractivity contribution in [3.63, 3.8) is 0 Å². The number of allylic oxidation sites excluding steroid dienone is 3. The summed E-state index contributed by atoms with van der Waals surface area (Å²) in [5.74, 6) is 0.675. The van der Waals surface area contributed by atoms with Crippen LogP contribution in [0.3, 0.4) is 0 Å². The van der Waals surface area contributed by atoms with Crippen molar-refractivity contribution in [1.29, 1.82) is 0 Å². The van der Waals surface area contributed by atoms with Gasteiger partial charge in [-0.25, -0.2) is 4.99 Å². The molecule has 0 atom stereocenters. The molecule has 0 aromatic carbocycles. The number of nitrogens with zero attached hydrogens (tertiary/aromatic N) is 1. The number of rotatable bonds is 5. The summed E-state index contributed by atoms with van der Waals surface area (Å²) in [6.07, 6.45) is 3.38. The third-order valence-corrected chi connectivity index (χ3v) is 3.89. The third kappa shape index (κ3) is 3.19. The van der Waals surface area contributed by atoms with E-state index in [-0.39, 0.29) is 0 Å². The molecular formula is C16H19NOS. The average Bonchev–Trinajstić information content (AvgIpc) is 2.72. The van der Waals surface area contributed by atoms with Crippen LogP contribution in [0, 0.1) is 0 Å². The maximum Gasteiger partial charge on any atom is 0.175 e. The lowest BCUT2D eigenvalue weighted by atomic mass is 10.0. The second-order valence-electron chi connectivity index (χ2n) is 3.87. The first-order valence-corrected chi connectivity index (χ1v) is 6.87. The molecule has 2 nitrogen and oxygen atoms in total. The monoisotopic (exact) mass is 273 g/mol. The Morgan fingerprint density at radius 3 is 2.63 bits per heavy atom. The van der Waals surface area contributed by atoms with Crippen molar-refractivity contribution >= 4 is 16.8 Å².